The van der Waals surface area contributed by atoms with E-state index in [4.69, 9.17) is 17.3 Å². The first-order valence-corrected chi connectivity index (χ1v) is 3.85. The molecule has 0 saturated carbocycles. The van der Waals surface area contributed by atoms with Crippen LogP contribution >= 0.6 is 11.6 Å². The van der Waals surface area contributed by atoms with Crippen molar-refractivity contribution in [2.75, 3.05) is 5.73 Å². The molecule has 2 aromatic heterocycles. The molecule has 3 N–H and O–H groups in total. The van der Waals surface area contributed by atoms with Crippen LogP contribution in [0.2, 0.25) is 5.28 Å². The first kappa shape index (κ1) is 8.00. The maximum atomic E-state index is 11.0. The summed E-state index contributed by atoms with van der Waals surface area (Å²) >= 11 is 5.56. The fraction of sp³-hybridized carbons (Fsp3) is 0. The maximum Gasteiger partial charge on any atom is 0.271 e. The van der Waals surface area contributed by atoms with Crippen molar-refractivity contribution in [3.05, 3.63) is 27.9 Å². The van der Waals surface area contributed by atoms with E-state index < -0.39 is 0 Å². The molecule has 2 heterocycles. The number of nitrogen functional groups attached to an aromatic ring is 1. The van der Waals surface area contributed by atoms with E-state index >= 15 is 0 Å². The number of hydrogen-bond donors (Lipinski definition) is 2. The molecule has 0 saturated heterocycles. The molecule has 0 amide bonds. The first-order chi connectivity index (χ1) is 6.16. The Hall–Kier alpha value is -1.62. The second kappa shape index (κ2) is 2.70. The van der Waals surface area contributed by atoms with Crippen LogP contribution in [0, 0.1) is 0 Å². The fourth-order valence-electron chi connectivity index (χ4n) is 0.986. The molecule has 0 atom stereocenters. The van der Waals surface area contributed by atoms with E-state index in [-0.39, 0.29) is 16.5 Å². The van der Waals surface area contributed by atoms with Crippen molar-refractivity contribution in [1.82, 2.24) is 15.0 Å². The van der Waals surface area contributed by atoms with Gasteiger partial charge in [-0.2, -0.15) is 0 Å². The Bertz CT molecular complexity index is 521. The fourth-order valence-corrected chi connectivity index (χ4v) is 1.13. The van der Waals surface area contributed by atoms with Gasteiger partial charge in [-0.1, -0.05) is 0 Å². The quantitative estimate of drug-likeness (QED) is 0.603. The van der Waals surface area contributed by atoms with Gasteiger partial charge in [-0.3, -0.25) is 4.79 Å². The molecule has 0 fully saturated rings. The van der Waals surface area contributed by atoms with Crippen LogP contribution < -0.4 is 11.3 Å². The van der Waals surface area contributed by atoms with Crippen molar-refractivity contribution in [3.63, 3.8) is 0 Å². The minimum absolute atomic E-state index is 0.113. The molecule has 0 aliphatic carbocycles. The smallest absolute Gasteiger partial charge is 0.271 e. The van der Waals surface area contributed by atoms with Crippen molar-refractivity contribution < 1.29 is 0 Å². The Labute approximate surface area is 77.6 Å². The van der Waals surface area contributed by atoms with Crippen LogP contribution in [0.1, 0.15) is 0 Å². The number of rotatable bonds is 0. The number of nitrogens with zero attached hydrogens (tertiary/aromatic N) is 2. The topological polar surface area (TPSA) is 84.7 Å². The molecule has 0 aromatic carbocycles. The first-order valence-electron chi connectivity index (χ1n) is 3.48. The molecule has 6 heteroatoms. The number of halogens is 1. The minimum atomic E-state index is -0.349. The molecule has 66 valence electrons. The number of anilines is 1. The van der Waals surface area contributed by atoms with Crippen molar-refractivity contribution in [3.8, 4) is 0 Å². The molecule has 13 heavy (non-hydrogen) atoms. The lowest BCUT2D eigenvalue weighted by atomic mass is 10.3. The van der Waals surface area contributed by atoms with Gasteiger partial charge in [0.2, 0.25) is 5.28 Å². The zero-order valence-electron chi connectivity index (χ0n) is 6.41. The zero-order chi connectivity index (χ0) is 9.42. The summed E-state index contributed by atoms with van der Waals surface area (Å²) in [5.41, 5.74) is 6.20. The summed E-state index contributed by atoms with van der Waals surface area (Å²) in [6.45, 7) is 0. The standard InChI is InChI=1S/C7H5ClN4O/c8-7-10-2-5-4(12-7)1-3(9)6(13)11-5/h1-2H,9H2,(H,11,13). The highest BCUT2D eigenvalue weighted by Gasteiger charge is 2.01. The van der Waals surface area contributed by atoms with E-state index in [0.29, 0.717) is 11.0 Å². The highest BCUT2D eigenvalue weighted by Crippen LogP contribution is 2.10. The second-order valence-corrected chi connectivity index (χ2v) is 2.83. The van der Waals surface area contributed by atoms with E-state index in [2.05, 4.69) is 15.0 Å². The van der Waals surface area contributed by atoms with Gasteiger partial charge >= 0.3 is 0 Å². The second-order valence-electron chi connectivity index (χ2n) is 2.49. The zero-order valence-corrected chi connectivity index (χ0v) is 7.17. The average molecular weight is 197 g/mol. The SMILES string of the molecule is Nc1cc2nc(Cl)ncc2[nH]c1=O. The van der Waals surface area contributed by atoms with Crippen molar-refractivity contribution in [2.24, 2.45) is 0 Å². The van der Waals surface area contributed by atoms with Gasteiger partial charge in [0.25, 0.3) is 5.56 Å². The maximum absolute atomic E-state index is 11.0. The lowest BCUT2D eigenvalue weighted by Gasteiger charge is -1.97. The Kier molecular flexibility index (Phi) is 1.66. The molecule has 0 bridgehead atoms. The summed E-state index contributed by atoms with van der Waals surface area (Å²) in [7, 11) is 0. The number of aromatic amines is 1. The number of pyridine rings is 1. The molecule has 0 unspecified atom stereocenters. The number of nitrogens with one attached hydrogen (secondary N) is 1. The molecular formula is C7H5ClN4O. The summed E-state index contributed by atoms with van der Waals surface area (Å²) in [6.07, 6.45) is 1.44. The van der Waals surface area contributed by atoms with Gasteiger partial charge in [-0.15, -0.1) is 0 Å². The Morgan fingerprint density at radius 3 is 3.08 bits per heavy atom. The Morgan fingerprint density at radius 1 is 1.54 bits per heavy atom. The van der Waals surface area contributed by atoms with Crippen molar-refractivity contribution >= 4 is 28.3 Å². The van der Waals surface area contributed by atoms with E-state index in [9.17, 15) is 4.79 Å². The molecule has 2 rings (SSSR count). The Balaban J connectivity index is 2.89. The van der Waals surface area contributed by atoms with Gasteiger partial charge in [-0.25, -0.2) is 9.97 Å². The van der Waals surface area contributed by atoms with Crippen molar-refractivity contribution in [2.45, 2.75) is 0 Å². The average Bonchev–Trinajstić information content (AvgIpc) is 2.08. The molecule has 2 aromatic rings. The summed E-state index contributed by atoms with van der Waals surface area (Å²) < 4.78 is 0. The van der Waals surface area contributed by atoms with Gasteiger partial charge < -0.3 is 10.7 Å². The monoisotopic (exact) mass is 196 g/mol. The van der Waals surface area contributed by atoms with Crippen LogP contribution in [0.25, 0.3) is 11.0 Å². The summed E-state index contributed by atoms with van der Waals surface area (Å²) in [4.78, 5) is 21.2. The third kappa shape index (κ3) is 1.33. The number of fused-ring (bicyclic) bond motifs is 1. The van der Waals surface area contributed by atoms with E-state index in [0.717, 1.165) is 0 Å². The van der Waals surface area contributed by atoms with Gasteiger partial charge in [0, 0.05) is 0 Å². The van der Waals surface area contributed by atoms with Crippen LogP contribution in [0.15, 0.2) is 17.1 Å². The molecule has 0 aliphatic rings. The van der Waals surface area contributed by atoms with Crippen LogP contribution in [-0.2, 0) is 0 Å². The summed E-state index contributed by atoms with van der Waals surface area (Å²) in [5, 5.41) is 0.124. The molecule has 0 aliphatic heterocycles. The van der Waals surface area contributed by atoms with Gasteiger partial charge in [-0.05, 0) is 17.7 Å². The predicted octanol–water partition coefficient (Wildman–Crippen LogP) is 0.554. The summed E-state index contributed by atoms with van der Waals surface area (Å²) in [6, 6.07) is 1.46. The highest BCUT2D eigenvalue weighted by atomic mass is 35.5. The number of aromatic nitrogens is 3. The highest BCUT2D eigenvalue weighted by molar-refractivity contribution is 6.28. The third-order valence-electron chi connectivity index (χ3n) is 1.59. The molecular weight excluding hydrogens is 192 g/mol. The van der Waals surface area contributed by atoms with Crippen LogP contribution in [0.3, 0.4) is 0 Å². The van der Waals surface area contributed by atoms with Crippen molar-refractivity contribution in [1.29, 1.82) is 0 Å². The van der Waals surface area contributed by atoms with Crippen LogP contribution in [0.4, 0.5) is 5.69 Å². The Morgan fingerprint density at radius 2 is 2.31 bits per heavy atom. The van der Waals surface area contributed by atoms with Crippen LogP contribution in [0.5, 0.6) is 0 Å². The number of nitrogens with two attached hydrogens (primary N) is 1. The van der Waals surface area contributed by atoms with Crippen LogP contribution in [-0.4, -0.2) is 15.0 Å². The minimum Gasteiger partial charge on any atom is -0.394 e. The lowest BCUT2D eigenvalue weighted by molar-refractivity contribution is 1.18. The van der Waals surface area contributed by atoms with Gasteiger partial charge in [0.15, 0.2) is 0 Å². The molecule has 0 spiro atoms. The predicted molar refractivity (Wildman–Crippen MR) is 49.6 cm³/mol. The molecule has 5 nitrogen and oxygen atoms in total. The largest absolute Gasteiger partial charge is 0.394 e. The van der Waals surface area contributed by atoms with E-state index in [1.54, 1.807) is 0 Å². The van der Waals surface area contributed by atoms with E-state index in [1.807, 2.05) is 0 Å². The number of hydrogen-bond acceptors (Lipinski definition) is 4. The van der Waals surface area contributed by atoms with E-state index in [1.165, 1.54) is 12.3 Å². The lowest BCUT2D eigenvalue weighted by Crippen LogP contribution is -2.11. The third-order valence-corrected chi connectivity index (χ3v) is 1.77. The molecule has 0 radical (unpaired) electrons. The number of H-pyrrole nitrogens is 1. The van der Waals surface area contributed by atoms with Gasteiger partial charge in [0.1, 0.15) is 0 Å². The summed E-state index contributed by atoms with van der Waals surface area (Å²) in [5.74, 6) is 0. The van der Waals surface area contributed by atoms with Gasteiger partial charge in [0.05, 0.1) is 22.9 Å². The normalized spacial score (nSPS) is 10.5.